The van der Waals surface area contributed by atoms with Crippen LogP contribution in [0.15, 0.2) is 35.2 Å². The minimum absolute atomic E-state index is 0.0503. The molecule has 3 heteroatoms. The van der Waals surface area contributed by atoms with Gasteiger partial charge in [0.05, 0.1) is 0 Å². The first-order chi connectivity index (χ1) is 7.07. The van der Waals surface area contributed by atoms with Crippen molar-refractivity contribution >= 4 is 0 Å². The van der Waals surface area contributed by atoms with E-state index >= 15 is 0 Å². The van der Waals surface area contributed by atoms with Gasteiger partial charge in [-0.2, -0.15) is 0 Å². The number of hydrogen-bond acceptors (Lipinski definition) is 3. The monoisotopic (exact) mass is 202 g/mol. The van der Waals surface area contributed by atoms with E-state index in [1.807, 2.05) is 12.1 Å². The smallest absolute Gasteiger partial charge is 0.199 e. The van der Waals surface area contributed by atoms with Crippen LogP contribution in [-0.4, -0.2) is 9.97 Å². The lowest BCUT2D eigenvalue weighted by Gasteiger charge is -2.11. The molecule has 0 unspecified atom stereocenters. The number of nitrogens with zero attached hydrogens (tertiary/aromatic N) is 2. The highest BCUT2D eigenvalue weighted by Crippen LogP contribution is 2.25. The molecule has 0 atom stereocenters. The van der Waals surface area contributed by atoms with Crippen LogP contribution in [0.1, 0.15) is 26.7 Å². The zero-order chi connectivity index (χ0) is 10.9. The zero-order valence-electron chi connectivity index (χ0n) is 9.19. The summed E-state index contributed by atoms with van der Waals surface area (Å²) in [6.45, 7) is 6.24. The van der Waals surface area contributed by atoms with Crippen molar-refractivity contribution in [2.24, 2.45) is 0 Å². The van der Waals surface area contributed by atoms with E-state index in [1.165, 1.54) is 0 Å². The van der Waals surface area contributed by atoms with Crippen molar-refractivity contribution in [2.45, 2.75) is 26.2 Å². The molecular weight excluding hydrogens is 188 g/mol. The second-order valence-corrected chi connectivity index (χ2v) is 4.52. The Kier molecular flexibility index (Phi) is 2.31. The number of hydrogen-bond donors (Lipinski definition) is 0. The molecule has 78 valence electrons. The van der Waals surface area contributed by atoms with Gasteiger partial charge in [-0.1, -0.05) is 20.8 Å². The summed E-state index contributed by atoms with van der Waals surface area (Å²) in [5.74, 6) is 0.759. The Bertz CT molecular complexity index is 440. The highest BCUT2D eigenvalue weighted by molar-refractivity contribution is 5.56. The van der Waals surface area contributed by atoms with Gasteiger partial charge >= 0.3 is 0 Å². The van der Waals surface area contributed by atoms with E-state index in [9.17, 15) is 0 Å². The Morgan fingerprint density at radius 3 is 2.33 bits per heavy atom. The fraction of sp³-hybridized carbons (Fsp3) is 0.333. The van der Waals surface area contributed by atoms with Crippen molar-refractivity contribution in [1.82, 2.24) is 9.97 Å². The SMILES string of the molecule is CC(C)(C)c1nc(-c2ccncc2)co1. The molecule has 0 N–H and O–H groups in total. The number of rotatable bonds is 1. The van der Waals surface area contributed by atoms with E-state index in [-0.39, 0.29) is 5.41 Å². The van der Waals surface area contributed by atoms with Crippen LogP contribution < -0.4 is 0 Å². The number of aromatic nitrogens is 2. The van der Waals surface area contributed by atoms with Crippen LogP contribution in [0.5, 0.6) is 0 Å². The summed E-state index contributed by atoms with van der Waals surface area (Å²) in [5, 5.41) is 0. The highest BCUT2D eigenvalue weighted by atomic mass is 16.3. The van der Waals surface area contributed by atoms with Crippen LogP contribution >= 0.6 is 0 Å². The summed E-state index contributed by atoms with van der Waals surface area (Å²) >= 11 is 0. The molecule has 0 amide bonds. The van der Waals surface area contributed by atoms with Crippen LogP contribution in [-0.2, 0) is 5.41 Å². The van der Waals surface area contributed by atoms with E-state index in [4.69, 9.17) is 4.42 Å². The van der Waals surface area contributed by atoms with Gasteiger partial charge in [0.15, 0.2) is 5.89 Å². The van der Waals surface area contributed by atoms with Gasteiger partial charge in [-0.25, -0.2) is 4.98 Å². The molecule has 0 fully saturated rings. The Hall–Kier alpha value is -1.64. The van der Waals surface area contributed by atoms with E-state index in [0.717, 1.165) is 17.1 Å². The molecule has 0 aliphatic rings. The first-order valence-electron chi connectivity index (χ1n) is 4.94. The van der Waals surface area contributed by atoms with Crippen LogP contribution in [0, 0.1) is 0 Å². The third kappa shape index (κ3) is 2.06. The molecule has 2 aromatic heterocycles. The standard InChI is InChI=1S/C12H14N2O/c1-12(2,3)11-14-10(8-15-11)9-4-6-13-7-5-9/h4-8H,1-3H3. The maximum Gasteiger partial charge on any atom is 0.199 e. The lowest BCUT2D eigenvalue weighted by Crippen LogP contribution is -2.11. The van der Waals surface area contributed by atoms with Gasteiger partial charge < -0.3 is 4.42 Å². The molecule has 3 nitrogen and oxygen atoms in total. The maximum absolute atomic E-state index is 5.45. The molecular formula is C12H14N2O. The third-order valence-corrected chi connectivity index (χ3v) is 2.12. The summed E-state index contributed by atoms with van der Waals surface area (Å²) in [6, 6.07) is 3.84. The Labute approximate surface area is 89.2 Å². The van der Waals surface area contributed by atoms with Crippen molar-refractivity contribution in [1.29, 1.82) is 0 Å². The summed E-state index contributed by atoms with van der Waals surface area (Å²) in [4.78, 5) is 8.43. The average Bonchev–Trinajstić information content (AvgIpc) is 2.67. The Morgan fingerprint density at radius 2 is 1.80 bits per heavy atom. The molecule has 0 saturated carbocycles. The zero-order valence-corrected chi connectivity index (χ0v) is 9.19. The topological polar surface area (TPSA) is 38.9 Å². The van der Waals surface area contributed by atoms with Crippen molar-refractivity contribution in [2.75, 3.05) is 0 Å². The maximum atomic E-state index is 5.45. The molecule has 0 spiro atoms. The van der Waals surface area contributed by atoms with Crippen LogP contribution in [0.4, 0.5) is 0 Å². The fourth-order valence-corrected chi connectivity index (χ4v) is 1.27. The molecule has 2 aromatic rings. The average molecular weight is 202 g/mol. The summed E-state index contributed by atoms with van der Waals surface area (Å²) in [5.41, 5.74) is 1.84. The lowest BCUT2D eigenvalue weighted by atomic mass is 9.97. The first-order valence-corrected chi connectivity index (χ1v) is 4.94. The second-order valence-electron chi connectivity index (χ2n) is 4.52. The lowest BCUT2D eigenvalue weighted by molar-refractivity contribution is 0.392. The largest absolute Gasteiger partial charge is 0.448 e. The van der Waals surface area contributed by atoms with Crippen molar-refractivity contribution in [3.63, 3.8) is 0 Å². The first kappa shape index (κ1) is 9.90. The van der Waals surface area contributed by atoms with Crippen LogP contribution in [0.2, 0.25) is 0 Å². The predicted molar refractivity (Wildman–Crippen MR) is 58.4 cm³/mol. The van der Waals surface area contributed by atoms with Crippen LogP contribution in [0.3, 0.4) is 0 Å². The molecule has 2 heterocycles. The van der Waals surface area contributed by atoms with E-state index in [2.05, 4.69) is 30.7 Å². The molecule has 0 aliphatic carbocycles. The predicted octanol–water partition coefficient (Wildman–Crippen LogP) is 3.03. The highest BCUT2D eigenvalue weighted by Gasteiger charge is 2.20. The molecule has 0 aliphatic heterocycles. The van der Waals surface area contributed by atoms with Gasteiger partial charge in [-0.15, -0.1) is 0 Å². The van der Waals surface area contributed by atoms with E-state index in [1.54, 1.807) is 18.7 Å². The van der Waals surface area contributed by atoms with E-state index < -0.39 is 0 Å². The normalized spacial score (nSPS) is 11.7. The van der Waals surface area contributed by atoms with Crippen LogP contribution in [0.25, 0.3) is 11.3 Å². The molecule has 2 rings (SSSR count). The number of pyridine rings is 1. The van der Waals surface area contributed by atoms with Crippen molar-refractivity contribution in [3.8, 4) is 11.3 Å². The third-order valence-electron chi connectivity index (χ3n) is 2.12. The van der Waals surface area contributed by atoms with Crippen molar-refractivity contribution in [3.05, 3.63) is 36.7 Å². The number of oxazole rings is 1. The molecule has 0 radical (unpaired) electrons. The Morgan fingerprint density at radius 1 is 1.13 bits per heavy atom. The second kappa shape index (κ2) is 3.50. The van der Waals surface area contributed by atoms with Gasteiger partial charge in [0, 0.05) is 23.4 Å². The molecule has 15 heavy (non-hydrogen) atoms. The van der Waals surface area contributed by atoms with Gasteiger partial charge in [0.25, 0.3) is 0 Å². The summed E-state index contributed by atoms with van der Waals surface area (Å²) < 4.78 is 5.45. The Balaban J connectivity index is 2.37. The molecule has 0 bridgehead atoms. The summed E-state index contributed by atoms with van der Waals surface area (Å²) in [6.07, 6.45) is 5.19. The minimum atomic E-state index is -0.0503. The fourth-order valence-electron chi connectivity index (χ4n) is 1.27. The quantitative estimate of drug-likeness (QED) is 0.713. The van der Waals surface area contributed by atoms with Crippen molar-refractivity contribution < 1.29 is 4.42 Å². The summed E-state index contributed by atoms with van der Waals surface area (Å²) in [7, 11) is 0. The minimum Gasteiger partial charge on any atom is -0.448 e. The van der Waals surface area contributed by atoms with Gasteiger partial charge in [0.2, 0.25) is 0 Å². The van der Waals surface area contributed by atoms with Gasteiger partial charge in [-0.3, -0.25) is 4.98 Å². The molecule has 0 saturated heterocycles. The molecule has 0 aromatic carbocycles. The van der Waals surface area contributed by atoms with Gasteiger partial charge in [-0.05, 0) is 12.1 Å². The van der Waals surface area contributed by atoms with Gasteiger partial charge in [0.1, 0.15) is 12.0 Å². The van der Waals surface area contributed by atoms with E-state index in [0.29, 0.717) is 0 Å².